The van der Waals surface area contributed by atoms with Crippen LogP contribution in [0.4, 0.5) is 17.8 Å². The summed E-state index contributed by atoms with van der Waals surface area (Å²) >= 11 is 0. The maximum atomic E-state index is 5.92. The SMILES string of the molecule is C=CCNc1nc(N)nc(N2CCC(NCC3c4ccccc4CCc4ccccc43)CC2)n1. The van der Waals surface area contributed by atoms with Gasteiger partial charge in [-0.05, 0) is 47.9 Å². The second-order valence-corrected chi connectivity index (χ2v) is 9.11. The summed E-state index contributed by atoms with van der Waals surface area (Å²) in [6, 6.07) is 18.4. The lowest BCUT2D eigenvalue weighted by molar-refractivity contribution is 0.407. The third-order valence-electron chi connectivity index (χ3n) is 6.96. The number of aryl methyl sites for hydroxylation is 2. The summed E-state index contributed by atoms with van der Waals surface area (Å²) in [6.45, 7) is 7.03. The Kier molecular flexibility index (Phi) is 6.72. The molecule has 1 aromatic heterocycles. The van der Waals surface area contributed by atoms with Crippen molar-refractivity contribution in [2.45, 2.75) is 37.6 Å². The van der Waals surface area contributed by atoms with E-state index in [4.69, 9.17) is 5.73 Å². The average molecular weight is 456 g/mol. The highest BCUT2D eigenvalue weighted by Crippen LogP contribution is 2.34. The molecule has 0 unspecified atom stereocenters. The van der Waals surface area contributed by atoms with Crippen LogP contribution in [0.25, 0.3) is 0 Å². The molecule has 1 aliphatic carbocycles. The second kappa shape index (κ2) is 10.2. The fraction of sp³-hybridized carbons (Fsp3) is 0.370. The number of hydrogen-bond acceptors (Lipinski definition) is 7. The van der Waals surface area contributed by atoms with Crippen LogP contribution in [0.15, 0.2) is 61.2 Å². The van der Waals surface area contributed by atoms with Crippen LogP contribution in [-0.4, -0.2) is 47.2 Å². The number of nitrogens with zero attached hydrogens (tertiary/aromatic N) is 4. The molecule has 3 aromatic rings. The van der Waals surface area contributed by atoms with Crippen LogP contribution < -0.4 is 21.3 Å². The zero-order valence-electron chi connectivity index (χ0n) is 19.6. The van der Waals surface area contributed by atoms with Crippen LogP contribution >= 0.6 is 0 Å². The fourth-order valence-corrected chi connectivity index (χ4v) is 5.19. The van der Waals surface area contributed by atoms with E-state index in [1.54, 1.807) is 6.08 Å². The van der Waals surface area contributed by atoms with E-state index in [9.17, 15) is 0 Å². The quantitative estimate of drug-likeness (QED) is 0.469. The third kappa shape index (κ3) is 4.89. The number of nitrogens with two attached hydrogens (primary N) is 1. The van der Waals surface area contributed by atoms with Crippen molar-refractivity contribution in [3.63, 3.8) is 0 Å². The van der Waals surface area contributed by atoms with Crippen LogP contribution in [0.1, 0.15) is 41.0 Å². The normalized spacial score (nSPS) is 16.4. The number of benzene rings is 2. The van der Waals surface area contributed by atoms with E-state index in [1.165, 1.54) is 22.3 Å². The molecule has 7 heteroatoms. The first-order valence-corrected chi connectivity index (χ1v) is 12.2. The van der Waals surface area contributed by atoms with Crippen molar-refractivity contribution in [3.8, 4) is 0 Å². The summed E-state index contributed by atoms with van der Waals surface area (Å²) in [6.07, 6.45) is 6.07. The Labute approximate surface area is 201 Å². The van der Waals surface area contributed by atoms with Crippen LogP contribution in [0.2, 0.25) is 0 Å². The summed E-state index contributed by atoms with van der Waals surface area (Å²) in [5.41, 5.74) is 11.8. The zero-order valence-corrected chi connectivity index (χ0v) is 19.6. The summed E-state index contributed by atoms with van der Waals surface area (Å²) in [7, 11) is 0. The van der Waals surface area contributed by atoms with Gasteiger partial charge in [0.05, 0.1) is 0 Å². The van der Waals surface area contributed by atoms with Crippen molar-refractivity contribution in [1.82, 2.24) is 20.3 Å². The van der Waals surface area contributed by atoms with E-state index in [-0.39, 0.29) is 5.95 Å². The molecule has 7 nitrogen and oxygen atoms in total. The highest BCUT2D eigenvalue weighted by Gasteiger charge is 2.26. The molecule has 34 heavy (non-hydrogen) atoms. The van der Waals surface area contributed by atoms with Gasteiger partial charge in [-0.1, -0.05) is 54.6 Å². The van der Waals surface area contributed by atoms with Gasteiger partial charge < -0.3 is 21.3 Å². The predicted molar refractivity (Wildman–Crippen MR) is 138 cm³/mol. The molecule has 0 amide bonds. The number of fused-ring (bicyclic) bond motifs is 2. The Bertz CT molecular complexity index is 1090. The van der Waals surface area contributed by atoms with Gasteiger partial charge in [-0.15, -0.1) is 6.58 Å². The number of nitrogen functional groups attached to an aromatic ring is 1. The van der Waals surface area contributed by atoms with E-state index < -0.39 is 0 Å². The van der Waals surface area contributed by atoms with Crippen molar-refractivity contribution in [1.29, 1.82) is 0 Å². The number of hydrogen-bond donors (Lipinski definition) is 3. The van der Waals surface area contributed by atoms with Crippen LogP contribution in [-0.2, 0) is 12.8 Å². The van der Waals surface area contributed by atoms with Crippen molar-refractivity contribution in [2.75, 3.05) is 42.1 Å². The average Bonchev–Trinajstić information content (AvgIpc) is 3.03. The monoisotopic (exact) mass is 455 g/mol. The van der Waals surface area contributed by atoms with Gasteiger partial charge in [0.25, 0.3) is 0 Å². The van der Waals surface area contributed by atoms with E-state index in [0.29, 0.717) is 30.4 Å². The lowest BCUT2D eigenvalue weighted by Crippen LogP contribution is -2.44. The van der Waals surface area contributed by atoms with E-state index >= 15 is 0 Å². The molecule has 0 radical (unpaired) electrons. The Morgan fingerprint density at radius 3 is 2.24 bits per heavy atom. The minimum absolute atomic E-state index is 0.238. The van der Waals surface area contributed by atoms with E-state index in [2.05, 4.69) is 85.6 Å². The van der Waals surface area contributed by atoms with Gasteiger partial charge in [0, 0.05) is 38.1 Å². The molecule has 0 saturated carbocycles. The molecule has 1 aliphatic heterocycles. The number of anilines is 3. The number of nitrogens with one attached hydrogen (secondary N) is 2. The molecule has 0 bridgehead atoms. The lowest BCUT2D eigenvalue weighted by Gasteiger charge is -2.33. The molecule has 1 saturated heterocycles. The molecule has 0 atom stereocenters. The minimum Gasteiger partial charge on any atom is -0.368 e. The first-order chi connectivity index (χ1) is 16.7. The molecule has 2 heterocycles. The standard InChI is InChI=1S/C27H33N7/c1-2-15-29-26-31-25(28)32-27(33-26)34-16-13-21(14-17-34)30-18-24-22-9-5-3-7-19(22)11-12-20-8-4-6-10-23(20)24/h2-10,21,24,30H,1,11-18H2,(H3,28,29,31,32,33). The van der Waals surface area contributed by atoms with Crippen LogP contribution in [0, 0.1) is 0 Å². The highest BCUT2D eigenvalue weighted by molar-refractivity contribution is 5.45. The fourth-order valence-electron chi connectivity index (χ4n) is 5.19. The first-order valence-electron chi connectivity index (χ1n) is 12.2. The minimum atomic E-state index is 0.238. The van der Waals surface area contributed by atoms with Crippen molar-refractivity contribution in [2.24, 2.45) is 0 Å². The van der Waals surface area contributed by atoms with Gasteiger partial charge in [-0.2, -0.15) is 15.0 Å². The number of rotatable bonds is 7. The lowest BCUT2D eigenvalue weighted by atomic mass is 9.87. The smallest absolute Gasteiger partial charge is 0.231 e. The molecular formula is C27H33N7. The summed E-state index contributed by atoms with van der Waals surface area (Å²) in [5, 5.41) is 7.00. The Morgan fingerprint density at radius 1 is 0.941 bits per heavy atom. The van der Waals surface area contributed by atoms with Gasteiger partial charge in [0.15, 0.2) is 0 Å². The Morgan fingerprint density at radius 2 is 1.59 bits per heavy atom. The van der Waals surface area contributed by atoms with Gasteiger partial charge in [0.2, 0.25) is 17.8 Å². The van der Waals surface area contributed by atoms with Crippen molar-refractivity contribution < 1.29 is 0 Å². The van der Waals surface area contributed by atoms with Crippen molar-refractivity contribution in [3.05, 3.63) is 83.4 Å². The van der Waals surface area contributed by atoms with Gasteiger partial charge in [-0.25, -0.2) is 0 Å². The van der Waals surface area contributed by atoms with Gasteiger partial charge in [0.1, 0.15) is 0 Å². The maximum absolute atomic E-state index is 5.92. The number of aromatic nitrogens is 3. The van der Waals surface area contributed by atoms with E-state index in [0.717, 1.165) is 45.3 Å². The molecule has 2 aliphatic rings. The van der Waals surface area contributed by atoms with E-state index in [1.807, 2.05) is 0 Å². The van der Waals surface area contributed by atoms with Gasteiger partial charge >= 0.3 is 0 Å². The maximum Gasteiger partial charge on any atom is 0.231 e. The highest BCUT2D eigenvalue weighted by atomic mass is 15.3. The van der Waals surface area contributed by atoms with Gasteiger partial charge in [-0.3, -0.25) is 0 Å². The van der Waals surface area contributed by atoms with Crippen LogP contribution in [0.3, 0.4) is 0 Å². The molecule has 176 valence electrons. The molecule has 4 N–H and O–H groups in total. The zero-order chi connectivity index (χ0) is 23.3. The molecule has 2 aromatic carbocycles. The van der Waals surface area contributed by atoms with Crippen LogP contribution in [0.5, 0.6) is 0 Å². The Hall–Kier alpha value is -3.45. The summed E-state index contributed by atoms with van der Waals surface area (Å²) in [5.74, 6) is 1.76. The largest absolute Gasteiger partial charge is 0.368 e. The second-order valence-electron chi connectivity index (χ2n) is 9.11. The third-order valence-corrected chi connectivity index (χ3v) is 6.96. The van der Waals surface area contributed by atoms with Crippen molar-refractivity contribution >= 4 is 17.8 Å². The first kappa shape index (κ1) is 22.3. The molecule has 0 spiro atoms. The molecule has 5 rings (SSSR count). The topological polar surface area (TPSA) is 92.0 Å². The summed E-state index contributed by atoms with van der Waals surface area (Å²) < 4.78 is 0. The molecule has 1 fully saturated rings. The summed E-state index contributed by atoms with van der Waals surface area (Å²) in [4.78, 5) is 15.3. The number of piperidine rings is 1. The Balaban J connectivity index is 1.24. The predicted octanol–water partition coefficient (Wildman–Crippen LogP) is 3.54. The molecular weight excluding hydrogens is 422 g/mol.